The number of rotatable bonds is 5. The molecule has 0 atom stereocenters. The Morgan fingerprint density at radius 2 is 2.00 bits per heavy atom. The number of fused-ring (bicyclic) bond motifs is 1. The van der Waals surface area contributed by atoms with Crippen LogP contribution >= 0.6 is 23.1 Å². The highest BCUT2D eigenvalue weighted by molar-refractivity contribution is 7.98. The number of aromatic nitrogens is 2. The highest BCUT2D eigenvalue weighted by Crippen LogP contribution is 2.24. The fraction of sp³-hybridized carbons (Fsp3) is 0.294. The lowest BCUT2D eigenvalue weighted by Gasteiger charge is -2.13. The van der Waals surface area contributed by atoms with E-state index in [0.717, 1.165) is 16.2 Å². The molecule has 0 amide bonds. The fourth-order valence-electron chi connectivity index (χ4n) is 2.29. The van der Waals surface area contributed by atoms with Crippen molar-refractivity contribution in [2.24, 2.45) is 5.92 Å². The highest BCUT2D eigenvalue weighted by atomic mass is 32.2. The van der Waals surface area contributed by atoms with Gasteiger partial charge in [0.05, 0.1) is 5.52 Å². The third kappa shape index (κ3) is 3.64. The average Bonchev–Trinajstić information content (AvgIpc) is 2.98. The number of nitrogens with zero attached hydrogens (tertiary/aromatic N) is 2. The Morgan fingerprint density at radius 1 is 1.26 bits per heavy atom. The number of halogens is 1. The zero-order chi connectivity index (χ0) is 16.4. The number of hydrogen-bond donors (Lipinski definition) is 0. The Balaban J connectivity index is 1.94. The molecule has 120 valence electrons. The van der Waals surface area contributed by atoms with Gasteiger partial charge in [0.2, 0.25) is 0 Å². The summed E-state index contributed by atoms with van der Waals surface area (Å²) in [6.07, 6.45) is 0. The Morgan fingerprint density at radius 3 is 2.70 bits per heavy atom. The largest absolute Gasteiger partial charge is 0.286 e. The van der Waals surface area contributed by atoms with Crippen molar-refractivity contribution in [1.29, 1.82) is 0 Å². The van der Waals surface area contributed by atoms with Crippen molar-refractivity contribution in [3.63, 3.8) is 0 Å². The maximum atomic E-state index is 13.0. The van der Waals surface area contributed by atoms with Gasteiger partial charge in [0.25, 0.3) is 5.56 Å². The molecule has 0 saturated heterocycles. The van der Waals surface area contributed by atoms with Crippen molar-refractivity contribution in [3.8, 4) is 0 Å². The smallest absolute Gasteiger partial charge is 0.272 e. The van der Waals surface area contributed by atoms with Crippen LogP contribution in [-0.4, -0.2) is 9.55 Å². The van der Waals surface area contributed by atoms with Crippen molar-refractivity contribution in [2.45, 2.75) is 31.3 Å². The van der Waals surface area contributed by atoms with Crippen LogP contribution in [0, 0.1) is 11.7 Å². The molecular weight excluding hydrogens is 331 g/mol. The third-order valence-electron chi connectivity index (χ3n) is 3.36. The molecule has 23 heavy (non-hydrogen) atoms. The van der Waals surface area contributed by atoms with Gasteiger partial charge in [-0.15, -0.1) is 11.3 Å². The zero-order valence-electron chi connectivity index (χ0n) is 13.0. The van der Waals surface area contributed by atoms with Crippen LogP contribution in [0.15, 0.2) is 45.7 Å². The summed E-state index contributed by atoms with van der Waals surface area (Å²) in [4.78, 5) is 17.3. The van der Waals surface area contributed by atoms with Gasteiger partial charge in [0.1, 0.15) is 10.5 Å². The van der Waals surface area contributed by atoms with Crippen LogP contribution < -0.4 is 5.56 Å². The molecule has 6 heteroatoms. The molecular formula is C17H17FN2OS2. The molecule has 0 aliphatic carbocycles. The van der Waals surface area contributed by atoms with E-state index in [1.54, 1.807) is 16.7 Å². The summed E-state index contributed by atoms with van der Waals surface area (Å²) >= 11 is 2.95. The number of benzene rings is 1. The van der Waals surface area contributed by atoms with Crippen LogP contribution in [0.3, 0.4) is 0 Å². The third-order valence-corrected chi connectivity index (χ3v) is 5.30. The van der Waals surface area contributed by atoms with E-state index in [1.165, 1.54) is 35.2 Å². The van der Waals surface area contributed by atoms with E-state index in [4.69, 9.17) is 0 Å². The lowest BCUT2D eigenvalue weighted by atomic mass is 10.2. The summed E-state index contributed by atoms with van der Waals surface area (Å²) in [6, 6.07) is 8.30. The Kier molecular flexibility index (Phi) is 4.82. The van der Waals surface area contributed by atoms with Crippen LogP contribution in [0.1, 0.15) is 19.4 Å². The molecule has 0 spiro atoms. The summed E-state index contributed by atoms with van der Waals surface area (Å²) in [5, 5.41) is 2.62. The van der Waals surface area contributed by atoms with Gasteiger partial charge in [-0.3, -0.25) is 9.36 Å². The summed E-state index contributed by atoms with van der Waals surface area (Å²) < 4.78 is 15.5. The van der Waals surface area contributed by atoms with Gasteiger partial charge >= 0.3 is 0 Å². The maximum Gasteiger partial charge on any atom is 0.272 e. The van der Waals surface area contributed by atoms with E-state index < -0.39 is 0 Å². The summed E-state index contributed by atoms with van der Waals surface area (Å²) in [5.41, 5.74) is 1.79. The first-order valence-electron chi connectivity index (χ1n) is 7.40. The standard InChI is InChI=1S/C17H17FN2OS2/c1-11(2)9-20-16(21)15-14(7-8-22-15)19-17(20)23-10-12-3-5-13(18)6-4-12/h3-8,11H,9-10H2,1-2H3. The zero-order valence-corrected chi connectivity index (χ0v) is 14.6. The molecule has 0 radical (unpaired) electrons. The predicted octanol–water partition coefficient (Wildman–Crippen LogP) is 4.55. The fourth-order valence-corrected chi connectivity index (χ4v) is 4.03. The minimum atomic E-state index is -0.242. The quantitative estimate of drug-likeness (QED) is 0.501. The molecule has 3 nitrogen and oxygen atoms in total. The van der Waals surface area contributed by atoms with Crippen LogP contribution in [0.25, 0.3) is 10.2 Å². The number of thioether (sulfide) groups is 1. The van der Waals surface area contributed by atoms with Crippen LogP contribution in [0.5, 0.6) is 0 Å². The molecule has 2 heterocycles. The lowest BCUT2D eigenvalue weighted by Crippen LogP contribution is -2.24. The lowest BCUT2D eigenvalue weighted by molar-refractivity contribution is 0.475. The molecule has 1 aromatic carbocycles. The Bertz CT molecular complexity index is 868. The molecule has 3 rings (SSSR count). The number of hydrogen-bond acceptors (Lipinski definition) is 4. The first-order chi connectivity index (χ1) is 11.0. The van der Waals surface area contributed by atoms with Crippen LogP contribution in [0.2, 0.25) is 0 Å². The van der Waals surface area contributed by atoms with E-state index in [9.17, 15) is 9.18 Å². The van der Waals surface area contributed by atoms with Gasteiger partial charge < -0.3 is 0 Å². The predicted molar refractivity (Wildman–Crippen MR) is 94.7 cm³/mol. The second-order valence-corrected chi connectivity index (χ2v) is 7.61. The molecule has 0 unspecified atom stereocenters. The summed E-state index contributed by atoms with van der Waals surface area (Å²) in [7, 11) is 0. The Hall–Kier alpha value is -1.66. The monoisotopic (exact) mass is 348 g/mol. The highest BCUT2D eigenvalue weighted by Gasteiger charge is 2.13. The van der Waals surface area contributed by atoms with Gasteiger partial charge in [-0.25, -0.2) is 9.37 Å². The van der Waals surface area contributed by atoms with Crippen molar-refractivity contribution >= 4 is 33.3 Å². The minimum absolute atomic E-state index is 0.0281. The van der Waals surface area contributed by atoms with Crippen molar-refractivity contribution in [1.82, 2.24) is 9.55 Å². The Labute approximate surface area is 142 Å². The van der Waals surface area contributed by atoms with Gasteiger partial charge in [-0.05, 0) is 35.1 Å². The van der Waals surface area contributed by atoms with Crippen LogP contribution in [-0.2, 0) is 12.3 Å². The van der Waals surface area contributed by atoms with Crippen molar-refractivity contribution in [2.75, 3.05) is 0 Å². The van der Waals surface area contributed by atoms with E-state index in [2.05, 4.69) is 18.8 Å². The van der Waals surface area contributed by atoms with E-state index in [1.807, 2.05) is 11.4 Å². The van der Waals surface area contributed by atoms with Gasteiger partial charge in [-0.1, -0.05) is 37.7 Å². The van der Waals surface area contributed by atoms with E-state index in [0.29, 0.717) is 22.9 Å². The normalized spacial score (nSPS) is 11.5. The molecule has 3 aromatic rings. The molecule has 0 saturated carbocycles. The minimum Gasteiger partial charge on any atom is -0.286 e. The van der Waals surface area contributed by atoms with E-state index in [-0.39, 0.29) is 11.4 Å². The summed E-state index contributed by atoms with van der Waals surface area (Å²) in [5.74, 6) is 0.769. The molecule has 2 aromatic heterocycles. The summed E-state index contributed by atoms with van der Waals surface area (Å²) in [6.45, 7) is 4.81. The van der Waals surface area contributed by atoms with Gasteiger partial charge in [0, 0.05) is 12.3 Å². The first-order valence-corrected chi connectivity index (χ1v) is 9.26. The molecule has 0 fully saturated rings. The van der Waals surface area contributed by atoms with Gasteiger partial charge in [-0.2, -0.15) is 0 Å². The molecule has 0 aliphatic rings. The topological polar surface area (TPSA) is 34.9 Å². The second-order valence-electron chi connectivity index (χ2n) is 5.75. The van der Waals surface area contributed by atoms with Gasteiger partial charge in [0.15, 0.2) is 5.16 Å². The average molecular weight is 348 g/mol. The molecule has 0 aliphatic heterocycles. The number of thiophene rings is 1. The van der Waals surface area contributed by atoms with Crippen molar-refractivity contribution < 1.29 is 4.39 Å². The second kappa shape index (κ2) is 6.84. The SMILES string of the molecule is CC(C)Cn1c(SCc2ccc(F)cc2)nc2ccsc2c1=O. The van der Waals surface area contributed by atoms with Crippen molar-refractivity contribution in [3.05, 3.63) is 57.4 Å². The maximum absolute atomic E-state index is 13.0. The van der Waals surface area contributed by atoms with E-state index >= 15 is 0 Å². The first kappa shape index (κ1) is 16.2. The van der Waals surface area contributed by atoms with Crippen LogP contribution in [0.4, 0.5) is 4.39 Å². The molecule has 0 N–H and O–H groups in total. The molecule has 0 bridgehead atoms.